The highest BCUT2D eigenvalue weighted by Crippen LogP contribution is 2.31. The lowest BCUT2D eigenvalue weighted by molar-refractivity contribution is -0.384. The SMILES string of the molecule is Cc1cccc([N+](=O)[O-])c1NC(=O)C1CC(=O)N(c2ccccc2F)C1. The van der Waals surface area contributed by atoms with Crippen molar-refractivity contribution in [2.45, 2.75) is 13.3 Å². The number of carbonyl (C=O) groups excluding carboxylic acids is 2. The molecule has 3 rings (SSSR count). The molecule has 0 spiro atoms. The van der Waals surface area contributed by atoms with Crippen LogP contribution in [0, 0.1) is 28.8 Å². The highest BCUT2D eigenvalue weighted by atomic mass is 19.1. The number of amides is 2. The summed E-state index contributed by atoms with van der Waals surface area (Å²) in [6, 6.07) is 10.3. The lowest BCUT2D eigenvalue weighted by Crippen LogP contribution is -2.29. The van der Waals surface area contributed by atoms with Crippen LogP contribution in [-0.4, -0.2) is 23.3 Å². The molecule has 2 aromatic rings. The van der Waals surface area contributed by atoms with Gasteiger partial charge in [0.2, 0.25) is 11.8 Å². The number of para-hydroxylation sites is 2. The van der Waals surface area contributed by atoms with E-state index in [-0.39, 0.29) is 35.9 Å². The van der Waals surface area contributed by atoms with Crippen LogP contribution in [0.1, 0.15) is 12.0 Å². The van der Waals surface area contributed by atoms with Gasteiger partial charge < -0.3 is 10.2 Å². The zero-order valence-corrected chi connectivity index (χ0v) is 13.9. The average molecular weight is 357 g/mol. The molecule has 1 heterocycles. The van der Waals surface area contributed by atoms with E-state index >= 15 is 0 Å². The first-order valence-corrected chi connectivity index (χ1v) is 7.98. The van der Waals surface area contributed by atoms with Crippen molar-refractivity contribution in [1.29, 1.82) is 0 Å². The third kappa shape index (κ3) is 3.26. The van der Waals surface area contributed by atoms with Crippen LogP contribution in [-0.2, 0) is 9.59 Å². The molecule has 0 bridgehead atoms. The molecular formula is C18H16FN3O4. The molecule has 0 aliphatic carbocycles. The van der Waals surface area contributed by atoms with E-state index in [4.69, 9.17) is 0 Å². The molecular weight excluding hydrogens is 341 g/mol. The van der Waals surface area contributed by atoms with Gasteiger partial charge in [0.25, 0.3) is 5.69 Å². The van der Waals surface area contributed by atoms with Crippen molar-refractivity contribution in [2.24, 2.45) is 5.92 Å². The van der Waals surface area contributed by atoms with Crippen LogP contribution in [0.25, 0.3) is 0 Å². The maximum atomic E-state index is 13.9. The first-order chi connectivity index (χ1) is 12.4. The third-order valence-corrected chi connectivity index (χ3v) is 4.33. The minimum Gasteiger partial charge on any atom is -0.320 e. The smallest absolute Gasteiger partial charge is 0.293 e. The van der Waals surface area contributed by atoms with Crippen molar-refractivity contribution < 1.29 is 18.9 Å². The Morgan fingerprint density at radius 1 is 1.27 bits per heavy atom. The summed E-state index contributed by atoms with van der Waals surface area (Å²) in [4.78, 5) is 36.6. The topological polar surface area (TPSA) is 92.5 Å². The van der Waals surface area contributed by atoms with Crippen LogP contribution >= 0.6 is 0 Å². The second kappa shape index (κ2) is 6.91. The number of nitro benzene ring substituents is 1. The molecule has 26 heavy (non-hydrogen) atoms. The van der Waals surface area contributed by atoms with Crippen LogP contribution < -0.4 is 10.2 Å². The first-order valence-electron chi connectivity index (χ1n) is 7.98. The van der Waals surface area contributed by atoms with Gasteiger partial charge in [-0.25, -0.2) is 4.39 Å². The highest BCUT2D eigenvalue weighted by molar-refractivity contribution is 6.04. The quantitative estimate of drug-likeness (QED) is 0.672. The number of rotatable bonds is 4. The summed E-state index contributed by atoms with van der Waals surface area (Å²) in [5.74, 6) is -2.14. The third-order valence-electron chi connectivity index (χ3n) is 4.33. The average Bonchev–Trinajstić information content (AvgIpc) is 2.98. The van der Waals surface area contributed by atoms with Gasteiger partial charge in [0.15, 0.2) is 0 Å². The molecule has 8 heteroatoms. The number of hydrogen-bond acceptors (Lipinski definition) is 4. The number of anilines is 2. The van der Waals surface area contributed by atoms with Gasteiger partial charge in [-0.2, -0.15) is 0 Å². The van der Waals surface area contributed by atoms with E-state index in [2.05, 4.69) is 5.32 Å². The van der Waals surface area contributed by atoms with Crippen molar-refractivity contribution in [3.05, 3.63) is 64.0 Å². The van der Waals surface area contributed by atoms with Gasteiger partial charge in [-0.3, -0.25) is 19.7 Å². The predicted molar refractivity (Wildman–Crippen MR) is 93.3 cm³/mol. The van der Waals surface area contributed by atoms with Crippen LogP contribution in [0.4, 0.5) is 21.5 Å². The second-order valence-electron chi connectivity index (χ2n) is 6.07. The molecule has 1 aliphatic rings. The number of carbonyl (C=O) groups is 2. The Kier molecular flexibility index (Phi) is 4.66. The van der Waals surface area contributed by atoms with Gasteiger partial charge in [-0.05, 0) is 24.6 Å². The molecule has 134 valence electrons. The van der Waals surface area contributed by atoms with Crippen molar-refractivity contribution in [3.63, 3.8) is 0 Å². The fraction of sp³-hybridized carbons (Fsp3) is 0.222. The van der Waals surface area contributed by atoms with E-state index in [1.807, 2.05) is 0 Å². The zero-order valence-electron chi connectivity index (χ0n) is 13.9. The molecule has 2 amide bonds. The minimum absolute atomic E-state index is 0.0191. The van der Waals surface area contributed by atoms with Gasteiger partial charge in [-0.15, -0.1) is 0 Å². The molecule has 2 aromatic carbocycles. The normalized spacial score (nSPS) is 16.6. The molecule has 0 saturated carbocycles. The van der Waals surface area contributed by atoms with Gasteiger partial charge in [0, 0.05) is 19.0 Å². The van der Waals surface area contributed by atoms with E-state index in [9.17, 15) is 24.1 Å². The fourth-order valence-corrected chi connectivity index (χ4v) is 2.98. The maximum absolute atomic E-state index is 13.9. The van der Waals surface area contributed by atoms with Gasteiger partial charge in [0.05, 0.1) is 16.5 Å². The second-order valence-corrected chi connectivity index (χ2v) is 6.07. The van der Waals surface area contributed by atoms with E-state index < -0.39 is 22.6 Å². The highest BCUT2D eigenvalue weighted by Gasteiger charge is 2.36. The maximum Gasteiger partial charge on any atom is 0.293 e. The first kappa shape index (κ1) is 17.5. The molecule has 1 N–H and O–H groups in total. The van der Waals surface area contributed by atoms with Crippen LogP contribution in [0.3, 0.4) is 0 Å². The summed E-state index contributed by atoms with van der Waals surface area (Å²) in [5.41, 5.74) is 0.561. The van der Waals surface area contributed by atoms with Gasteiger partial charge >= 0.3 is 0 Å². The van der Waals surface area contributed by atoms with Crippen molar-refractivity contribution in [3.8, 4) is 0 Å². The summed E-state index contributed by atoms with van der Waals surface area (Å²) < 4.78 is 13.9. The molecule has 7 nitrogen and oxygen atoms in total. The number of nitrogens with zero attached hydrogens (tertiary/aromatic N) is 2. The molecule has 1 unspecified atom stereocenters. The van der Waals surface area contributed by atoms with Crippen LogP contribution in [0.15, 0.2) is 42.5 Å². The molecule has 1 atom stereocenters. The Morgan fingerprint density at radius 2 is 2.00 bits per heavy atom. The Labute approximate surface area is 148 Å². The Morgan fingerprint density at radius 3 is 2.69 bits per heavy atom. The molecule has 1 aliphatic heterocycles. The minimum atomic E-state index is -0.721. The van der Waals surface area contributed by atoms with E-state index in [1.54, 1.807) is 19.1 Å². The summed E-state index contributed by atoms with van der Waals surface area (Å²) >= 11 is 0. The Bertz CT molecular complexity index is 900. The van der Waals surface area contributed by atoms with Crippen LogP contribution in [0.2, 0.25) is 0 Å². The number of benzene rings is 2. The standard InChI is InChI=1S/C18H16FN3O4/c1-11-5-4-8-15(22(25)26)17(11)20-18(24)12-9-16(23)21(10-12)14-7-3-2-6-13(14)19/h2-8,12H,9-10H2,1H3,(H,20,24). The molecule has 1 fully saturated rings. The fourth-order valence-electron chi connectivity index (χ4n) is 2.98. The number of halogens is 1. The van der Waals surface area contributed by atoms with Crippen molar-refractivity contribution in [2.75, 3.05) is 16.8 Å². The van der Waals surface area contributed by atoms with E-state index in [0.29, 0.717) is 5.56 Å². The Balaban J connectivity index is 1.80. The lowest BCUT2D eigenvalue weighted by Gasteiger charge is -2.17. The van der Waals surface area contributed by atoms with Crippen molar-refractivity contribution >= 4 is 28.9 Å². The number of nitro groups is 1. The van der Waals surface area contributed by atoms with Crippen molar-refractivity contribution in [1.82, 2.24) is 0 Å². The van der Waals surface area contributed by atoms with Crippen LogP contribution in [0.5, 0.6) is 0 Å². The summed E-state index contributed by atoms with van der Waals surface area (Å²) in [5, 5.41) is 13.7. The molecule has 0 aromatic heterocycles. The lowest BCUT2D eigenvalue weighted by atomic mass is 10.1. The zero-order chi connectivity index (χ0) is 18.8. The Hall–Kier alpha value is -3.29. The number of nitrogens with one attached hydrogen (secondary N) is 1. The van der Waals surface area contributed by atoms with E-state index in [0.717, 1.165) is 0 Å². The largest absolute Gasteiger partial charge is 0.320 e. The van der Waals surface area contributed by atoms with Gasteiger partial charge in [-0.1, -0.05) is 24.3 Å². The number of aryl methyl sites for hydroxylation is 1. The van der Waals surface area contributed by atoms with E-state index in [1.165, 1.54) is 35.2 Å². The summed E-state index contributed by atoms with van der Waals surface area (Å²) in [6.07, 6.45) is -0.0835. The monoisotopic (exact) mass is 357 g/mol. The van der Waals surface area contributed by atoms with Gasteiger partial charge in [0.1, 0.15) is 11.5 Å². The number of hydrogen-bond donors (Lipinski definition) is 1. The summed E-state index contributed by atoms with van der Waals surface area (Å²) in [7, 11) is 0. The molecule has 0 radical (unpaired) electrons. The predicted octanol–water partition coefficient (Wildman–Crippen LogP) is 3.03. The molecule has 1 saturated heterocycles. The summed E-state index contributed by atoms with van der Waals surface area (Å²) in [6.45, 7) is 1.67.